The van der Waals surface area contributed by atoms with Gasteiger partial charge in [0.15, 0.2) is 6.29 Å². The van der Waals surface area contributed by atoms with E-state index in [1.807, 2.05) is 226 Å². The van der Waals surface area contributed by atoms with Crippen molar-refractivity contribution < 1.29 is 23.2 Å². The number of carbonyl (C=O) groups is 1. The lowest BCUT2D eigenvalue weighted by Gasteiger charge is -2.11. The molecule has 0 aliphatic heterocycles. The molecule has 71 heavy (non-hydrogen) atoms. The minimum absolute atomic E-state index is 0.199. The molecule has 0 saturated heterocycles. The normalized spacial score (nSPS) is 9.48. The minimum atomic E-state index is -0.486. The Labute approximate surface area is 421 Å². The number of para-hydroxylation sites is 3. The summed E-state index contributed by atoms with van der Waals surface area (Å²) in [7, 11) is 0. The summed E-state index contributed by atoms with van der Waals surface area (Å²) in [5.41, 5.74) is 9.27. The lowest BCUT2D eigenvalue weighted by molar-refractivity contribution is 0.112. The first kappa shape index (κ1) is 61.6. The van der Waals surface area contributed by atoms with Crippen molar-refractivity contribution >= 4 is 39.2 Å². The smallest absolute Gasteiger partial charge is 0.344 e. The standard InChI is InChI=1S/C17H14O3.C17H12O3.C17H14O2.6C2H6/c2*1-11-6-2-3-7-12(11)16-14(10-18)13-8-4-5-9-15(13)20-17(16)19;1-11-7-3-4-8-13(11)16-12(2)14-9-5-6-10-15(14)19-17(16)18;6*1-2/h2-9,18H,10H2,1H3;2-10H,1H3;3-10H,1-2H3;6*1-2H3. The van der Waals surface area contributed by atoms with E-state index in [-0.39, 0.29) is 12.2 Å². The highest BCUT2D eigenvalue weighted by Gasteiger charge is 2.19. The molecule has 8 heteroatoms. The SMILES string of the molecule is CC.CC.CC.CC.CC.CC.Cc1ccccc1-c1c(C)c2ccccc2oc1=O.Cc1ccccc1-c1c(C=O)c2ccccc2oc1=O.Cc1ccccc1-c1c(CO)c2ccccc2oc1=O. The van der Waals surface area contributed by atoms with Crippen molar-refractivity contribution in [1.82, 2.24) is 0 Å². The van der Waals surface area contributed by atoms with E-state index in [9.17, 15) is 24.3 Å². The van der Waals surface area contributed by atoms with Crippen molar-refractivity contribution in [2.45, 2.75) is 117 Å². The topological polar surface area (TPSA) is 128 Å². The fourth-order valence-corrected chi connectivity index (χ4v) is 7.38. The van der Waals surface area contributed by atoms with Gasteiger partial charge in [-0.25, -0.2) is 14.4 Å². The quantitative estimate of drug-likeness (QED) is 0.133. The molecule has 0 bridgehead atoms. The third-order valence-corrected chi connectivity index (χ3v) is 10.4. The van der Waals surface area contributed by atoms with Crippen LogP contribution in [0.3, 0.4) is 0 Å². The predicted octanol–water partition coefficient (Wildman–Crippen LogP) is 17.1. The molecule has 8 nitrogen and oxygen atoms in total. The molecule has 0 fully saturated rings. The molecule has 1 N–H and O–H groups in total. The van der Waals surface area contributed by atoms with Crippen LogP contribution in [-0.2, 0) is 6.61 Å². The summed E-state index contributed by atoms with van der Waals surface area (Å²) in [6, 6.07) is 44.9. The van der Waals surface area contributed by atoms with Crippen LogP contribution in [0.2, 0.25) is 0 Å². The summed E-state index contributed by atoms with van der Waals surface area (Å²) in [6.45, 7) is 31.6. The van der Waals surface area contributed by atoms with Crippen LogP contribution < -0.4 is 16.9 Å². The van der Waals surface area contributed by atoms with Crippen molar-refractivity contribution in [3.8, 4) is 33.4 Å². The molecule has 3 aromatic heterocycles. The van der Waals surface area contributed by atoms with E-state index in [0.29, 0.717) is 50.0 Å². The Bertz CT molecular complexity index is 3190. The Morgan fingerprint density at radius 3 is 1.08 bits per heavy atom. The average Bonchev–Trinajstić information content (AvgIpc) is 3.42. The second kappa shape index (κ2) is 33.2. The van der Waals surface area contributed by atoms with Gasteiger partial charge >= 0.3 is 16.9 Å². The molecular weight excluding hydrogens is 885 g/mol. The van der Waals surface area contributed by atoms with E-state index in [4.69, 9.17) is 13.3 Å². The zero-order chi connectivity index (χ0) is 53.6. The molecule has 6 aromatic carbocycles. The number of rotatable bonds is 5. The number of fused-ring (bicyclic) bond motifs is 3. The summed E-state index contributed by atoms with van der Waals surface area (Å²) in [5.74, 6) is 0. The van der Waals surface area contributed by atoms with Crippen molar-refractivity contribution in [2.75, 3.05) is 0 Å². The Kier molecular flexibility index (Phi) is 28.8. The highest BCUT2D eigenvalue weighted by atomic mass is 16.4. The maximum atomic E-state index is 12.3. The second-order valence-electron chi connectivity index (χ2n) is 14.0. The number of benzene rings is 6. The molecule has 9 rings (SSSR count). The molecule has 9 aromatic rings. The monoisotopic (exact) mass is 961 g/mol. The van der Waals surface area contributed by atoms with Gasteiger partial charge in [0.25, 0.3) is 0 Å². The molecule has 0 atom stereocenters. The van der Waals surface area contributed by atoms with Crippen LogP contribution in [-0.4, -0.2) is 11.4 Å². The Morgan fingerprint density at radius 1 is 0.380 bits per heavy atom. The molecule has 0 aliphatic rings. The van der Waals surface area contributed by atoms with Crippen LogP contribution in [0.15, 0.2) is 173 Å². The van der Waals surface area contributed by atoms with Gasteiger partial charge in [0, 0.05) is 27.3 Å². The van der Waals surface area contributed by atoms with Crippen LogP contribution >= 0.6 is 0 Å². The molecule has 0 aliphatic carbocycles. The zero-order valence-electron chi connectivity index (χ0n) is 44.9. The Hall–Kier alpha value is -7.42. The van der Waals surface area contributed by atoms with Crippen LogP contribution in [0.4, 0.5) is 0 Å². The highest BCUT2D eigenvalue weighted by molar-refractivity contribution is 6.02. The van der Waals surface area contributed by atoms with Gasteiger partial charge in [0.05, 0.1) is 23.3 Å². The lowest BCUT2D eigenvalue weighted by atomic mass is 9.96. The number of carbonyl (C=O) groups excluding carboxylic acids is 1. The van der Waals surface area contributed by atoms with Gasteiger partial charge in [-0.05, 0) is 84.8 Å². The van der Waals surface area contributed by atoms with Crippen LogP contribution in [0, 0.1) is 27.7 Å². The fraction of sp³-hybridized carbons (Fsp3) is 0.270. The van der Waals surface area contributed by atoms with E-state index in [2.05, 4.69) is 0 Å². The van der Waals surface area contributed by atoms with E-state index < -0.39 is 11.3 Å². The molecule has 0 amide bonds. The number of aldehydes is 1. The first-order valence-corrected chi connectivity index (χ1v) is 25.0. The summed E-state index contributed by atoms with van der Waals surface area (Å²) in [6.07, 6.45) is 0.723. The number of aliphatic hydroxyl groups excluding tert-OH is 1. The zero-order valence-corrected chi connectivity index (χ0v) is 44.9. The third kappa shape index (κ3) is 15.3. The molecule has 0 spiro atoms. The Morgan fingerprint density at radius 2 is 0.676 bits per heavy atom. The number of hydrogen-bond donors (Lipinski definition) is 1. The first-order valence-electron chi connectivity index (χ1n) is 25.0. The number of hydrogen-bond acceptors (Lipinski definition) is 8. The van der Waals surface area contributed by atoms with Crippen molar-refractivity contribution in [3.05, 3.63) is 210 Å². The van der Waals surface area contributed by atoms with E-state index in [0.717, 1.165) is 56.0 Å². The minimum Gasteiger partial charge on any atom is -0.422 e. The number of aryl methyl sites for hydroxylation is 4. The summed E-state index contributed by atoms with van der Waals surface area (Å²) < 4.78 is 16.1. The van der Waals surface area contributed by atoms with Gasteiger partial charge in [0.2, 0.25) is 0 Å². The van der Waals surface area contributed by atoms with Gasteiger partial charge in [-0.15, -0.1) is 0 Å². The molecule has 376 valence electrons. The van der Waals surface area contributed by atoms with E-state index in [1.54, 1.807) is 30.3 Å². The second-order valence-corrected chi connectivity index (χ2v) is 14.0. The lowest BCUT2D eigenvalue weighted by Crippen LogP contribution is -2.09. The Balaban J connectivity index is 0.000000481. The number of aliphatic hydroxyl groups is 1. The van der Waals surface area contributed by atoms with Crippen LogP contribution in [0.25, 0.3) is 66.3 Å². The van der Waals surface area contributed by atoms with Crippen molar-refractivity contribution in [1.29, 1.82) is 0 Å². The summed E-state index contributed by atoms with van der Waals surface area (Å²) in [5, 5.41) is 12.1. The summed E-state index contributed by atoms with van der Waals surface area (Å²) >= 11 is 0. The molecule has 0 saturated carbocycles. The van der Waals surface area contributed by atoms with Gasteiger partial charge in [-0.1, -0.05) is 210 Å². The molecule has 0 unspecified atom stereocenters. The molecule has 3 heterocycles. The maximum absolute atomic E-state index is 12.3. The van der Waals surface area contributed by atoms with Crippen LogP contribution in [0.1, 0.15) is 121 Å². The summed E-state index contributed by atoms with van der Waals surface area (Å²) in [4.78, 5) is 48.3. The average molecular weight is 961 g/mol. The van der Waals surface area contributed by atoms with Gasteiger partial charge in [0.1, 0.15) is 16.7 Å². The molecule has 0 radical (unpaired) electrons. The van der Waals surface area contributed by atoms with E-state index in [1.165, 1.54) is 0 Å². The molecular formula is C63H76O8. The first-order chi connectivity index (χ1) is 34.6. The largest absolute Gasteiger partial charge is 0.422 e. The fourth-order valence-electron chi connectivity index (χ4n) is 7.38. The van der Waals surface area contributed by atoms with Crippen LogP contribution in [0.5, 0.6) is 0 Å². The van der Waals surface area contributed by atoms with Gasteiger partial charge in [-0.3, -0.25) is 4.79 Å². The maximum Gasteiger partial charge on any atom is 0.344 e. The van der Waals surface area contributed by atoms with Gasteiger partial charge < -0.3 is 18.4 Å². The van der Waals surface area contributed by atoms with Crippen molar-refractivity contribution in [3.63, 3.8) is 0 Å². The third-order valence-electron chi connectivity index (χ3n) is 10.4. The highest BCUT2D eigenvalue weighted by Crippen LogP contribution is 2.31. The van der Waals surface area contributed by atoms with E-state index >= 15 is 0 Å². The predicted molar refractivity (Wildman–Crippen MR) is 302 cm³/mol. The van der Waals surface area contributed by atoms with Crippen molar-refractivity contribution in [2.24, 2.45) is 0 Å². The van der Waals surface area contributed by atoms with Gasteiger partial charge in [-0.2, -0.15) is 0 Å².